The van der Waals surface area contributed by atoms with E-state index in [9.17, 15) is 0 Å². The van der Waals surface area contributed by atoms with Crippen LogP contribution in [0.1, 0.15) is 279 Å². The highest BCUT2D eigenvalue weighted by Gasteiger charge is 2.06. The van der Waals surface area contributed by atoms with Crippen LogP contribution >= 0.6 is 0 Å². The third-order valence-corrected chi connectivity index (χ3v) is 11.3. The fraction of sp³-hybridized carbons (Fsp3) is 1.00. The first-order valence-electron chi connectivity index (χ1n) is 23.8. The highest BCUT2D eigenvalue weighted by atomic mass is 15.1. The number of nitrogens with zero attached hydrogens (tertiary/aromatic N) is 1. The lowest BCUT2D eigenvalue weighted by atomic mass is 10.0. The van der Waals surface area contributed by atoms with Crippen molar-refractivity contribution < 1.29 is 0 Å². The van der Waals surface area contributed by atoms with Crippen molar-refractivity contribution in [1.29, 1.82) is 0 Å². The molecule has 0 unspecified atom stereocenters. The summed E-state index contributed by atoms with van der Waals surface area (Å²) in [5.41, 5.74) is 0. The van der Waals surface area contributed by atoms with Crippen molar-refractivity contribution in [3.8, 4) is 0 Å². The Labute approximate surface area is 314 Å². The quantitative estimate of drug-likeness (QED) is 0.0576. The number of rotatable bonds is 43. The van der Waals surface area contributed by atoms with Gasteiger partial charge in [-0.1, -0.05) is 259 Å². The molecule has 0 aromatic rings. The molecule has 0 aliphatic rings. The molecule has 0 saturated heterocycles. The molecule has 0 aliphatic carbocycles. The van der Waals surface area contributed by atoms with E-state index in [0.29, 0.717) is 0 Å². The number of hydrogen-bond donors (Lipinski definition) is 0. The van der Waals surface area contributed by atoms with Crippen molar-refractivity contribution in [3.05, 3.63) is 0 Å². The zero-order valence-corrected chi connectivity index (χ0v) is 35.6. The first-order valence-corrected chi connectivity index (χ1v) is 23.8. The molecule has 0 saturated carbocycles. The monoisotopic (exact) mass is 690 g/mol. The van der Waals surface area contributed by atoms with Gasteiger partial charge in [-0.2, -0.15) is 0 Å². The molecule has 0 radical (unpaired) electrons. The molecular weight excluding hydrogens is 591 g/mol. The lowest BCUT2D eigenvalue weighted by molar-refractivity contribution is 0.254. The summed E-state index contributed by atoms with van der Waals surface area (Å²) in [6.45, 7) is 15.9. The standard InChI is InChI=1S/C48H99N/c1-6-7-8-9-10-11-12-13-14-15-16-19-24-29-34-39-44-49(45-40-35-30-25-20-17-22-27-32-37-42-47(2)3)46-41-36-31-26-21-18-23-28-33-38-43-48(4)5/h47-48H,6-46H2,1-5H3. The van der Waals surface area contributed by atoms with Crippen LogP contribution in [0.5, 0.6) is 0 Å². The zero-order valence-electron chi connectivity index (χ0n) is 35.6. The predicted octanol–water partition coefficient (Wildman–Crippen LogP) is 17.4. The molecule has 0 atom stereocenters. The molecule has 0 spiro atoms. The average molecular weight is 690 g/mol. The third-order valence-electron chi connectivity index (χ3n) is 11.3. The minimum Gasteiger partial charge on any atom is -0.303 e. The Hall–Kier alpha value is -0.0400. The van der Waals surface area contributed by atoms with Gasteiger partial charge >= 0.3 is 0 Å². The SMILES string of the molecule is CCCCCCCCCCCCCCCCCCN(CCCCCCCCCCCCC(C)C)CCCCCCCCCCCCC(C)C. The Bertz CT molecular complexity index is 535. The van der Waals surface area contributed by atoms with Crippen LogP contribution in [0.25, 0.3) is 0 Å². The van der Waals surface area contributed by atoms with Gasteiger partial charge in [0.25, 0.3) is 0 Å². The molecule has 0 fully saturated rings. The Kier molecular flexibility index (Phi) is 42.3. The van der Waals surface area contributed by atoms with E-state index in [1.807, 2.05) is 0 Å². The summed E-state index contributed by atoms with van der Waals surface area (Å²) in [6, 6.07) is 0. The van der Waals surface area contributed by atoms with E-state index < -0.39 is 0 Å². The topological polar surface area (TPSA) is 3.24 Å². The van der Waals surface area contributed by atoms with E-state index in [4.69, 9.17) is 0 Å². The second kappa shape index (κ2) is 42.4. The van der Waals surface area contributed by atoms with Crippen LogP contribution in [0.4, 0.5) is 0 Å². The third kappa shape index (κ3) is 44.0. The van der Waals surface area contributed by atoms with Crippen LogP contribution in [-0.2, 0) is 0 Å². The first kappa shape index (κ1) is 49.0. The maximum Gasteiger partial charge on any atom is -0.00187 e. The van der Waals surface area contributed by atoms with Crippen LogP contribution in [-0.4, -0.2) is 24.5 Å². The summed E-state index contributed by atoms with van der Waals surface area (Å²) in [6.07, 6.45) is 55.7. The molecule has 0 heterocycles. The molecule has 49 heavy (non-hydrogen) atoms. The van der Waals surface area contributed by atoms with Gasteiger partial charge in [0.1, 0.15) is 0 Å². The lowest BCUT2D eigenvalue weighted by Crippen LogP contribution is -2.27. The lowest BCUT2D eigenvalue weighted by Gasteiger charge is -2.22. The average Bonchev–Trinajstić information content (AvgIpc) is 3.08. The van der Waals surface area contributed by atoms with Gasteiger partial charge in [0.2, 0.25) is 0 Å². The minimum absolute atomic E-state index is 0.888. The van der Waals surface area contributed by atoms with E-state index >= 15 is 0 Å². The van der Waals surface area contributed by atoms with Crippen LogP contribution in [0.2, 0.25) is 0 Å². The van der Waals surface area contributed by atoms with Crippen LogP contribution in [0, 0.1) is 11.8 Å². The Morgan fingerprint density at radius 2 is 0.429 bits per heavy atom. The van der Waals surface area contributed by atoms with Crippen molar-refractivity contribution in [2.75, 3.05) is 19.6 Å². The predicted molar refractivity (Wildman–Crippen MR) is 227 cm³/mol. The summed E-state index contributed by atoms with van der Waals surface area (Å²) in [7, 11) is 0. The van der Waals surface area contributed by atoms with E-state index in [1.165, 1.54) is 264 Å². The molecule has 296 valence electrons. The molecule has 0 N–H and O–H groups in total. The maximum absolute atomic E-state index is 2.87. The summed E-state index contributed by atoms with van der Waals surface area (Å²) in [5, 5.41) is 0. The minimum atomic E-state index is 0.888. The van der Waals surface area contributed by atoms with Gasteiger partial charge in [-0.05, 0) is 50.7 Å². The summed E-state index contributed by atoms with van der Waals surface area (Å²) >= 11 is 0. The van der Waals surface area contributed by atoms with E-state index in [1.54, 1.807) is 0 Å². The van der Waals surface area contributed by atoms with Crippen LogP contribution in [0.15, 0.2) is 0 Å². The van der Waals surface area contributed by atoms with Crippen molar-refractivity contribution in [3.63, 3.8) is 0 Å². The Morgan fingerprint density at radius 1 is 0.245 bits per heavy atom. The summed E-state index contributed by atoms with van der Waals surface area (Å²) in [4.78, 5) is 2.87. The zero-order chi connectivity index (χ0) is 35.7. The highest BCUT2D eigenvalue weighted by Crippen LogP contribution is 2.17. The van der Waals surface area contributed by atoms with Crippen molar-refractivity contribution in [1.82, 2.24) is 4.90 Å². The van der Waals surface area contributed by atoms with Gasteiger partial charge in [0.05, 0.1) is 0 Å². The normalized spacial score (nSPS) is 12.0. The number of hydrogen-bond acceptors (Lipinski definition) is 1. The van der Waals surface area contributed by atoms with Gasteiger partial charge < -0.3 is 4.90 Å². The van der Waals surface area contributed by atoms with Gasteiger partial charge in [-0.15, -0.1) is 0 Å². The second-order valence-corrected chi connectivity index (χ2v) is 17.6. The molecular formula is C48H99N. The smallest absolute Gasteiger partial charge is 0.00187 e. The molecule has 0 aliphatic heterocycles. The summed E-state index contributed by atoms with van der Waals surface area (Å²) < 4.78 is 0. The molecule has 1 nitrogen and oxygen atoms in total. The Morgan fingerprint density at radius 3 is 0.633 bits per heavy atom. The first-order chi connectivity index (χ1) is 24.1. The molecule has 0 amide bonds. The van der Waals surface area contributed by atoms with E-state index in [-0.39, 0.29) is 0 Å². The van der Waals surface area contributed by atoms with Gasteiger partial charge in [-0.3, -0.25) is 0 Å². The maximum atomic E-state index is 2.87. The molecule has 1 heteroatoms. The van der Waals surface area contributed by atoms with Crippen molar-refractivity contribution >= 4 is 0 Å². The largest absolute Gasteiger partial charge is 0.303 e. The molecule has 0 bridgehead atoms. The fourth-order valence-electron chi connectivity index (χ4n) is 7.82. The Balaban J connectivity index is 3.93. The van der Waals surface area contributed by atoms with Gasteiger partial charge in [0.15, 0.2) is 0 Å². The van der Waals surface area contributed by atoms with Crippen molar-refractivity contribution in [2.45, 2.75) is 279 Å². The van der Waals surface area contributed by atoms with Crippen molar-refractivity contribution in [2.24, 2.45) is 11.8 Å². The summed E-state index contributed by atoms with van der Waals surface area (Å²) in [5.74, 6) is 1.78. The number of unbranched alkanes of at least 4 members (excludes halogenated alkanes) is 33. The van der Waals surface area contributed by atoms with Crippen LogP contribution in [0.3, 0.4) is 0 Å². The van der Waals surface area contributed by atoms with Gasteiger partial charge in [0, 0.05) is 0 Å². The highest BCUT2D eigenvalue weighted by molar-refractivity contribution is 4.61. The molecule has 0 aromatic carbocycles. The fourth-order valence-corrected chi connectivity index (χ4v) is 7.82. The van der Waals surface area contributed by atoms with Gasteiger partial charge in [-0.25, -0.2) is 0 Å². The van der Waals surface area contributed by atoms with Crippen LogP contribution < -0.4 is 0 Å². The molecule has 0 rings (SSSR count). The molecule has 0 aromatic heterocycles. The second-order valence-electron chi connectivity index (χ2n) is 17.6. The van der Waals surface area contributed by atoms with E-state index in [2.05, 4.69) is 39.5 Å². The van der Waals surface area contributed by atoms with E-state index in [0.717, 1.165) is 11.8 Å².